The first-order valence-electron chi connectivity index (χ1n) is 8.46. The van der Waals surface area contributed by atoms with Gasteiger partial charge in [-0.25, -0.2) is 8.42 Å². The van der Waals surface area contributed by atoms with Gasteiger partial charge in [-0.2, -0.15) is 4.31 Å². The number of anilines is 1. The lowest BCUT2D eigenvalue weighted by molar-refractivity contribution is -0.141. The molecule has 2 heterocycles. The summed E-state index contributed by atoms with van der Waals surface area (Å²) in [4.78, 5) is 24.7. The number of carbonyl (C=O) groups excluding carboxylic acids is 1. The Kier molecular flexibility index (Phi) is 4.83. The summed E-state index contributed by atoms with van der Waals surface area (Å²) in [7, 11) is -3.55. The van der Waals surface area contributed by atoms with Crippen molar-refractivity contribution in [1.29, 1.82) is 0 Å². The first kappa shape index (κ1) is 17.9. The maximum Gasteiger partial charge on any atom is 0.308 e. The average molecular weight is 366 g/mol. The zero-order valence-electron chi connectivity index (χ0n) is 14.1. The first-order chi connectivity index (χ1) is 11.8. The summed E-state index contributed by atoms with van der Waals surface area (Å²) in [6, 6.07) is 6.11. The van der Waals surface area contributed by atoms with Gasteiger partial charge in [0, 0.05) is 31.2 Å². The van der Waals surface area contributed by atoms with Crippen molar-refractivity contribution in [1.82, 2.24) is 4.31 Å². The van der Waals surface area contributed by atoms with Gasteiger partial charge in [-0.3, -0.25) is 9.59 Å². The predicted octanol–water partition coefficient (Wildman–Crippen LogP) is 1.69. The summed E-state index contributed by atoms with van der Waals surface area (Å²) in [5.74, 6) is -1.97. The SMILES string of the molecule is C[C@@H]1CCCCN1S(=O)(=O)c1ccc(N2C[C@@H](C(=O)O)CC2=O)cc1. The lowest BCUT2D eigenvalue weighted by Crippen LogP contribution is -2.41. The Morgan fingerprint density at radius 2 is 1.88 bits per heavy atom. The van der Waals surface area contributed by atoms with Gasteiger partial charge in [-0.05, 0) is 44.0 Å². The number of hydrogen-bond donors (Lipinski definition) is 1. The molecule has 2 fully saturated rings. The van der Waals surface area contributed by atoms with E-state index in [-0.39, 0.29) is 29.8 Å². The standard InChI is InChI=1S/C17H22N2O5S/c1-12-4-2-3-9-19(12)25(23,24)15-7-5-14(6-8-15)18-11-13(17(21)22)10-16(18)20/h5-8,12-13H,2-4,9-11H2,1H3,(H,21,22)/t12-,13+/m1/s1. The van der Waals surface area contributed by atoms with Gasteiger partial charge in [0.15, 0.2) is 0 Å². The monoisotopic (exact) mass is 366 g/mol. The van der Waals surface area contributed by atoms with E-state index in [1.54, 1.807) is 12.1 Å². The number of sulfonamides is 1. The molecule has 1 aromatic carbocycles. The van der Waals surface area contributed by atoms with E-state index in [1.165, 1.54) is 21.3 Å². The molecule has 2 atom stereocenters. The van der Waals surface area contributed by atoms with E-state index >= 15 is 0 Å². The molecule has 3 rings (SSSR count). The van der Waals surface area contributed by atoms with Crippen molar-refractivity contribution in [2.45, 2.75) is 43.5 Å². The molecule has 8 heteroatoms. The highest BCUT2D eigenvalue weighted by molar-refractivity contribution is 7.89. The Balaban J connectivity index is 1.80. The second-order valence-corrected chi connectivity index (χ2v) is 8.59. The quantitative estimate of drug-likeness (QED) is 0.875. The largest absolute Gasteiger partial charge is 0.481 e. The third-order valence-electron chi connectivity index (χ3n) is 4.97. The smallest absolute Gasteiger partial charge is 0.308 e. The number of nitrogens with zero attached hydrogens (tertiary/aromatic N) is 2. The highest BCUT2D eigenvalue weighted by Gasteiger charge is 2.35. The summed E-state index contributed by atoms with van der Waals surface area (Å²) in [5.41, 5.74) is 0.527. The topological polar surface area (TPSA) is 95.0 Å². The Labute approximate surface area is 147 Å². The van der Waals surface area contributed by atoms with Crippen molar-refractivity contribution >= 4 is 27.6 Å². The molecular weight excluding hydrogens is 344 g/mol. The Bertz CT molecular complexity index is 775. The van der Waals surface area contributed by atoms with Crippen LogP contribution in [0, 0.1) is 5.92 Å². The molecule has 1 aromatic rings. The minimum atomic E-state index is -3.55. The first-order valence-corrected chi connectivity index (χ1v) is 9.90. The second kappa shape index (κ2) is 6.76. The Morgan fingerprint density at radius 3 is 2.44 bits per heavy atom. The van der Waals surface area contributed by atoms with Crippen LogP contribution in [0.4, 0.5) is 5.69 Å². The van der Waals surface area contributed by atoms with E-state index < -0.39 is 21.9 Å². The van der Waals surface area contributed by atoms with Crippen LogP contribution in [0.3, 0.4) is 0 Å². The summed E-state index contributed by atoms with van der Waals surface area (Å²) >= 11 is 0. The second-order valence-electron chi connectivity index (χ2n) is 6.70. The highest BCUT2D eigenvalue weighted by atomic mass is 32.2. The van der Waals surface area contributed by atoms with Crippen LogP contribution >= 0.6 is 0 Å². The minimum absolute atomic E-state index is 0.0186. The number of hydrogen-bond acceptors (Lipinski definition) is 4. The van der Waals surface area contributed by atoms with Crippen LogP contribution in [0.25, 0.3) is 0 Å². The van der Waals surface area contributed by atoms with Gasteiger partial charge in [-0.15, -0.1) is 0 Å². The molecule has 2 aliphatic heterocycles. The Morgan fingerprint density at radius 1 is 1.20 bits per heavy atom. The van der Waals surface area contributed by atoms with E-state index in [4.69, 9.17) is 5.11 Å². The summed E-state index contributed by atoms with van der Waals surface area (Å²) < 4.78 is 27.1. The number of carbonyl (C=O) groups is 2. The van der Waals surface area contributed by atoms with Gasteiger partial charge in [0.25, 0.3) is 0 Å². The fourth-order valence-electron chi connectivity index (χ4n) is 3.48. The van der Waals surface area contributed by atoms with Crippen molar-refractivity contribution in [2.75, 3.05) is 18.0 Å². The minimum Gasteiger partial charge on any atom is -0.481 e. The van der Waals surface area contributed by atoms with E-state index in [0.717, 1.165) is 19.3 Å². The van der Waals surface area contributed by atoms with E-state index in [1.807, 2.05) is 6.92 Å². The molecule has 136 valence electrons. The van der Waals surface area contributed by atoms with Crippen LogP contribution in [0.2, 0.25) is 0 Å². The molecule has 0 radical (unpaired) electrons. The number of carboxylic acids is 1. The molecule has 0 unspecified atom stereocenters. The van der Waals surface area contributed by atoms with Crippen LogP contribution < -0.4 is 4.90 Å². The van der Waals surface area contributed by atoms with Gasteiger partial charge >= 0.3 is 5.97 Å². The molecule has 25 heavy (non-hydrogen) atoms. The van der Waals surface area contributed by atoms with E-state index in [9.17, 15) is 18.0 Å². The third kappa shape index (κ3) is 3.41. The number of carboxylic acid groups (broad SMARTS) is 1. The highest BCUT2D eigenvalue weighted by Crippen LogP contribution is 2.29. The van der Waals surface area contributed by atoms with Crippen LogP contribution in [0.5, 0.6) is 0 Å². The number of amides is 1. The van der Waals surface area contributed by atoms with Gasteiger partial charge in [0.2, 0.25) is 15.9 Å². The van der Waals surface area contributed by atoms with Crippen molar-refractivity contribution in [3.63, 3.8) is 0 Å². The molecule has 2 saturated heterocycles. The molecule has 0 bridgehead atoms. The molecule has 0 aromatic heterocycles. The summed E-state index contributed by atoms with van der Waals surface area (Å²) in [6.07, 6.45) is 2.73. The summed E-state index contributed by atoms with van der Waals surface area (Å²) in [6.45, 7) is 2.56. The zero-order chi connectivity index (χ0) is 18.2. The molecule has 1 N–H and O–H groups in total. The van der Waals surface area contributed by atoms with Crippen LogP contribution in [0.15, 0.2) is 29.2 Å². The molecule has 0 saturated carbocycles. The molecular formula is C17H22N2O5S. The van der Waals surface area contributed by atoms with Gasteiger partial charge in [0.05, 0.1) is 10.8 Å². The average Bonchev–Trinajstić information content (AvgIpc) is 2.97. The number of rotatable bonds is 4. The van der Waals surface area contributed by atoms with Crippen molar-refractivity contribution in [2.24, 2.45) is 5.92 Å². The maximum atomic E-state index is 12.8. The van der Waals surface area contributed by atoms with Gasteiger partial charge < -0.3 is 10.0 Å². The fraction of sp³-hybridized carbons (Fsp3) is 0.529. The molecule has 1 amide bonds. The zero-order valence-corrected chi connectivity index (χ0v) is 14.9. The molecule has 0 aliphatic carbocycles. The van der Waals surface area contributed by atoms with Crippen LogP contribution in [-0.4, -0.2) is 48.8 Å². The molecule has 0 spiro atoms. The van der Waals surface area contributed by atoms with Crippen molar-refractivity contribution < 1.29 is 23.1 Å². The van der Waals surface area contributed by atoms with E-state index in [2.05, 4.69) is 0 Å². The maximum absolute atomic E-state index is 12.8. The number of benzene rings is 1. The fourth-order valence-corrected chi connectivity index (χ4v) is 5.18. The Hall–Kier alpha value is -1.93. The lowest BCUT2D eigenvalue weighted by atomic mass is 10.1. The normalized spacial score (nSPS) is 25.3. The lowest BCUT2D eigenvalue weighted by Gasteiger charge is -2.32. The summed E-state index contributed by atoms with van der Waals surface area (Å²) in [5, 5.41) is 9.05. The number of aliphatic carboxylic acids is 1. The van der Waals surface area contributed by atoms with Crippen LogP contribution in [-0.2, 0) is 19.6 Å². The van der Waals surface area contributed by atoms with Gasteiger partial charge in [-0.1, -0.05) is 6.42 Å². The van der Waals surface area contributed by atoms with Gasteiger partial charge in [0.1, 0.15) is 0 Å². The molecule has 7 nitrogen and oxygen atoms in total. The van der Waals surface area contributed by atoms with Crippen LogP contribution in [0.1, 0.15) is 32.6 Å². The van der Waals surface area contributed by atoms with Crippen molar-refractivity contribution in [3.8, 4) is 0 Å². The molecule has 2 aliphatic rings. The number of piperidine rings is 1. The van der Waals surface area contributed by atoms with Crippen molar-refractivity contribution in [3.05, 3.63) is 24.3 Å². The predicted molar refractivity (Wildman–Crippen MR) is 91.7 cm³/mol. The van der Waals surface area contributed by atoms with E-state index in [0.29, 0.717) is 12.2 Å². The third-order valence-corrected chi connectivity index (χ3v) is 7.00.